The van der Waals surface area contributed by atoms with Gasteiger partial charge in [-0.05, 0) is 36.4 Å². The summed E-state index contributed by atoms with van der Waals surface area (Å²) in [6.07, 6.45) is 3.52. The highest BCUT2D eigenvalue weighted by atomic mass is 16.5. The summed E-state index contributed by atoms with van der Waals surface area (Å²) in [6, 6.07) is 15.4. The highest BCUT2D eigenvalue weighted by Gasteiger charge is 2.15. The van der Waals surface area contributed by atoms with E-state index >= 15 is 0 Å². The third-order valence-corrected chi connectivity index (χ3v) is 3.40. The van der Waals surface area contributed by atoms with E-state index in [4.69, 9.17) is 29.3 Å². The van der Waals surface area contributed by atoms with E-state index in [-0.39, 0.29) is 12.9 Å². The van der Waals surface area contributed by atoms with E-state index in [9.17, 15) is 0 Å². The van der Waals surface area contributed by atoms with Gasteiger partial charge in [0.05, 0.1) is 25.6 Å². The summed E-state index contributed by atoms with van der Waals surface area (Å²) in [7, 11) is 3.30. The lowest BCUT2D eigenvalue weighted by atomic mass is 10.0. The fourth-order valence-corrected chi connectivity index (χ4v) is 2.34. The molecule has 0 amide bonds. The zero-order valence-corrected chi connectivity index (χ0v) is 15.4. The van der Waals surface area contributed by atoms with Crippen LogP contribution in [-0.4, -0.2) is 47.3 Å². The van der Waals surface area contributed by atoms with Crippen molar-refractivity contribution in [3.8, 4) is 34.0 Å². The first-order chi connectivity index (χ1) is 13.7. The number of hydrogen-bond donors (Lipinski definition) is 2. The summed E-state index contributed by atoms with van der Waals surface area (Å²) in [5.41, 5.74) is 3.45. The van der Waals surface area contributed by atoms with E-state index in [1.165, 1.54) is 0 Å². The molecule has 146 valence electrons. The lowest BCUT2D eigenvalue weighted by Gasteiger charge is -2.14. The summed E-state index contributed by atoms with van der Waals surface area (Å²) < 4.78 is 11.1. The van der Waals surface area contributed by atoms with E-state index in [0.29, 0.717) is 0 Å². The maximum atomic E-state index is 8.36. The van der Waals surface area contributed by atoms with Gasteiger partial charge in [0.1, 0.15) is 11.5 Å². The van der Waals surface area contributed by atoms with E-state index in [1.54, 1.807) is 26.6 Å². The van der Waals surface area contributed by atoms with Gasteiger partial charge in [-0.2, -0.15) is 0 Å². The van der Waals surface area contributed by atoms with Crippen molar-refractivity contribution in [1.82, 2.24) is 9.97 Å². The number of methoxy groups -OCH3 is 2. The van der Waals surface area contributed by atoms with E-state index in [1.807, 2.05) is 48.5 Å². The molecular weight excluding hydrogens is 364 g/mol. The second-order valence-corrected chi connectivity index (χ2v) is 4.89. The monoisotopic (exact) mass is 384 g/mol. The highest BCUT2D eigenvalue weighted by Crippen LogP contribution is 2.39. The molecule has 0 aliphatic heterocycles. The van der Waals surface area contributed by atoms with Gasteiger partial charge in [0.2, 0.25) is 0 Å². The van der Waals surface area contributed by atoms with Crippen LogP contribution in [0.5, 0.6) is 11.5 Å². The number of aromatic nitrogens is 2. The number of carbonyl (C=O) groups is 2. The molecular formula is C20H20N2O6. The van der Waals surface area contributed by atoms with Gasteiger partial charge in [0.25, 0.3) is 12.9 Å². The van der Waals surface area contributed by atoms with Gasteiger partial charge in [0, 0.05) is 23.5 Å². The molecule has 0 fully saturated rings. The van der Waals surface area contributed by atoms with Crippen molar-refractivity contribution in [3.05, 3.63) is 60.9 Å². The lowest BCUT2D eigenvalue weighted by molar-refractivity contribution is -0.123. The average Bonchev–Trinajstić information content (AvgIpc) is 2.75. The molecule has 2 heterocycles. The summed E-state index contributed by atoms with van der Waals surface area (Å²) in [5, 5.41) is 13.8. The van der Waals surface area contributed by atoms with Crippen molar-refractivity contribution in [2.45, 2.75) is 0 Å². The van der Waals surface area contributed by atoms with Gasteiger partial charge in [-0.3, -0.25) is 19.6 Å². The predicted octanol–water partition coefficient (Wildman–Crippen LogP) is 3.23. The molecule has 1 aromatic carbocycles. The van der Waals surface area contributed by atoms with Crippen molar-refractivity contribution < 1.29 is 29.3 Å². The van der Waals surface area contributed by atoms with Crippen LogP contribution in [0.3, 0.4) is 0 Å². The molecule has 0 spiro atoms. The maximum absolute atomic E-state index is 8.36. The molecule has 2 N–H and O–H groups in total. The largest absolute Gasteiger partial charge is 0.496 e. The quantitative estimate of drug-likeness (QED) is 0.658. The normalized spacial score (nSPS) is 8.93. The minimum absolute atomic E-state index is 0.250. The van der Waals surface area contributed by atoms with Crippen molar-refractivity contribution >= 4 is 12.9 Å². The van der Waals surface area contributed by atoms with Gasteiger partial charge in [0.15, 0.2) is 0 Å². The van der Waals surface area contributed by atoms with Crippen molar-refractivity contribution in [1.29, 1.82) is 0 Å². The Balaban J connectivity index is 0.000000582. The molecule has 8 nitrogen and oxygen atoms in total. The predicted molar refractivity (Wildman–Crippen MR) is 103 cm³/mol. The Morgan fingerprint density at radius 1 is 0.750 bits per heavy atom. The molecule has 28 heavy (non-hydrogen) atoms. The van der Waals surface area contributed by atoms with Gasteiger partial charge in [-0.25, -0.2) is 0 Å². The molecule has 0 bridgehead atoms. The zero-order valence-electron chi connectivity index (χ0n) is 15.4. The molecule has 3 rings (SSSR count). The maximum Gasteiger partial charge on any atom is 0.290 e. The second kappa shape index (κ2) is 12.4. The Bertz CT molecular complexity index is 784. The number of rotatable bonds is 4. The second-order valence-electron chi connectivity index (χ2n) is 4.89. The number of pyridine rings is 2. The zero-order chi connectivity index (χ0) is 20.8. The first-order valence-electron chi connectivity index (χ1n) is 7.91. The lowest BCUT2D eigenvalue weighted by Crippen LogP contribution is -1.95. The van der Waals surface area contributed by atoms with E-state index < -0.39 is 0 Å². The molecule has 8 heteroatoms. The van der Waals surface area contributed by atoms with Crippen LogP contribution in [0.2, 0.25) is 0 Å². The van der Waals surface area contributed by atoms with Gasteiger partial charge in [-0.15, -0.1) is 0 Å². The van der Waals surface area contributed by atoms with Crippen LogP contribution in [-0.2, 0) is 9.59 Å². The van der Waals surface area contributed by atoms with Crippen molar-refractivity contribution in [2.24, 2.45) is 0 Å². The number of benzene rings is 1. The van der Waals surface area contributed by atoms with Crippen LogP contribution < -0.4 is 9.47 Å². The molecule has 0 aliphatic rings. The van der Waals surface area contributed by atoms with Gasteiger partial charge in [-0.1, -0.05) is 12.1 Å². The third-order valence-electron chi connectivity index (χ3n) is 3.40. The van der Waals surface area contributed by atoms with Crippen molar-refractivity contribution in [3.63, 3.8) is 0 Å². The van der Waals surface area contributed by atoms with Crippen LogP contribution >= 0.6 is 0 Å². The first-order valence-corrected chi connectivity index (χ1v) is 7.91. The fraction of sp³-hybridized carbons (Fsp3) is 0.100. The molecule has 0 aliphatic carbocycles. The average molecular weight is 384 g/mol. The minimum atomic E-state index is -0.250. The van der Waals surface area contributed by atoms with Gasteiger partial charge < -0.3 is 19.7 Å². The van der Waals surface area contributed by atoms with Crippen LogP contribution in [0.4, 0.5) is 0 Å². The van der Waals surface area contributed by atoms with Crippen LogP contribution in [0, 0.1) is 0 Å². The Hall–Kier alpha value is -3.94. The number of carboxylic acid groups (broad SMARTS) is 2. The number of nitrogens with zero attached hydrogens (tertiary/aromatic N) is 2. The summed E-state index contributed by atoms with van der Waals surface area (Å²) in [5.74, 6) is 1.47. The van der Waals surface area contributed by atoms with Crippen LogP contribution in [0.15, 0.2) is 60.9 Å². The molecule has 3 aromatic rings. The molecule has 0 saturated carbocycles. The fourth-order valence-electron chi connectivity index (χ4n) is 2.34. The summed E-state index contributed by atoms with van der Waals surface area (Å²) in [6.45, 7) is -0.500. The van der Waals surface area contributed by atoms with Gasteiger partial charge >= 0.3 is 0 Å². The minimum Gasteiger partial charge on any atom is -0.496 e. The summed E-state index contributed by atoms with van der Waals surface area (Å²) >= 11 is 0. The Kier molecular flexibility index (Phi) is 9.80. The first kappa shape index (κ1) is 22.1. The molecule has 2 aromatic heterocycles. The molecule has 0 unspecified atom stereocenters. The Morgan fingerprint density at radius 3 is 1.36 bits per heavy atom. The van der Waals surface area contributed by atoms with Crippen LogP contribution in [0.1, 0.15) is 0 Å². The standard InChI is InChI=1S/C18H16N2O2.2CH2O2/c1-21-17-11-14(16-8-4-6-10-20-16)18(22-2)12-13(17)15-7-3-5-9-19-15;2*2-1-3/h3-12H,1-2H3;2*1H,(H,2,3). The van der Waals surface area contributed by atoms with Crippen molar-refractivity contribution in [2.75, 3.05) is 14.2 Å². The van der Waals surface area contributed by atoms with E-state index in [0.717, 1.165) is 34.0 Å². The molecule has 0 radical (unpaired) electrons. The topological polar surface area (TPSA) is 119 Å². The van der Waals surface area contributed by atoms with E-state index in [2.05, 4.69) is 9.97 Å². The number of ether oxygens (including phenoxy) is 2. The molecule has 0 saturated heterocycles. The number of hydrogen-bond acceptors (Lipinski definition) is 6. The third kappa shape index (κ3) is 6.10. The van der Waals surface area contributed by atoms with Crippen LogP contribution in [0.25, 0.3) is 22.5 Å². The smallest absolute Gasteiger partial charge is 0.290 e. The Morgan fingerprint density at radius 2 is 1.11 bits per heavy atom. The highest BCUT2D eigenvalue weighted by molar-refractivity contribution is 5.78. The SMILES string of the molecule is COc1cc(-c2ccccn2)c(OC)cc1-c1ccccn1.O=CO.O=CO. The Labute approximate surface area is 162 Å². The molecule has 0 atom stereocenters. The summed E-state index contributed by atoms with van der Waals surface area (Å²) in [4.78, 5) is 25.5.